The van der Waals surface area contributed by atoms with Gasteiger partial charge in [-0.2, -0.15) is 0 Å². The Morgan fingerprint density at radius 3 is 2.67 bits per heavy atom. The number of halogens is 1. The van der Waals surface area contributed by atoms with Crippen LogP contribution >= 0.6 is 0 Å². The maximum absolute atomic E-state index is 13.3. The monoisotopic (exact) mass is 364 g/mol. The van der Waals surface area contributed by atoms with Crippen molar-refractivity contribution >= 4 is 5.91 Å². The van der Waals surface area contributed by atoms with Crippen LogP contribution < -0.4 is 14.8 Å². The van der Waals surface area contributed by atoms with E-state index in [1.165, 1.54) is 12.1 Å². The van der Waals surface area contributed by atoms with E-state index >= 15 is 0 Å². The molecular weight excluding hydrogens is 347 g/mol. The van der Waals surface area contributed by atoms with E-state index in [1.54, 1.807) is 36.5 Å². The third-order valence-corrected chi connectivity index (χ3v) is 4.42. The van der Waals surface area contributed by atoms with Gasteiger partial charge in [0, 0.05) is 29.9 Å². The minimum atomic E-state index is -0.303. The van der Waals surface area contributed by atoms with Crippen LogP contribution in [0.5, 0.6) is 11.5 Å². The van der Waals surface area contributed by atoms with Gasteiger partial charge in [0.1, 0.15) is 5.82 Å². The third kappa shape index (κ3) is 3.74. The van der Waals surface area contributed by atoms with E-state index in [4.69, 9.17) is 9.47 Å². The number of hydrogen-bond acceptors (Lipinski definition) is 4. The number of rotatable bonds is 5. The molecule has 0 saturated heterocycles. The summed E-state index contributed by atoms with van der Waals surface area (Å²) < 4.78 is 23.9. The van der Waals surface area contributed by atoms with Gasteiger partial charge in [0.2, 0.25) is 6.79 Å². The van der Waals surface area contributed by atoms with Crippen LogP contribution in [-0.2, 0) is 0 Å². The first kappa shape index (κ1) is 17.0. The lowest BCUT2D eigenvalue weighted by molar-refractivity contribution is 0.0952. The zero-order valence-corrected chi connectivity index (χ0v) is 14.4. The quantitative estimate of drug-likeness (QED) is 0.753. The van der Waals surface area contributed by atoms with Crippen LogP contribution in [0.15, 0.2) is 66.9 Å². The van der Waals surface area contributed by atoms with Gasteiger partial charge in [-0.05, 0) is 48.0 Å². The van der Waals surface area contributed by atoms with Gasteiger partial charge in [0.25, 0.3) is 5.91 Å². The molecule has 1 aliphatic rings. The third-order valence-electron chi connectivity index (χ3n) is 4.42. The summed E-state index contributed by atoms with van der Waals surface area (Å²) in [6.07, 6.45) is 1.70. The highest BCUT2D eigenvalue weighted by Gasteiger charge is 2.19. The average molecular weight is 364 g/mol. The van der Waals surface area contributed by atoms with Crippen LogP contribution in [-0.4, -0.2) is 24.2 Å². The van der Waals surface area contributed by atoms with E-state index in [-0.39, 0.29) is 24.4 Å². The number of carbonyl (C=O) groups is 1. The summed E-state index contributed by atoms with van der Waals surface area (Å²) in [5.41, 5.74) is 2.16. The van der Waals surface area contributed by atoms with E-state index < -0.39 is 0 Å². The molecule has 3 aromatic rings. The SMILES string of the molecule is O=C(NCC(c1ccc(F)cc1)c1ccccn1)c1ccc2c(c1)OCO2. The van der Waals surface area contributed by atoms with Gasteiger partial charge in [-0.15, -0.1) is 0 Å². The zero-order valence-electron chi connectivity index (χ0n) is 14.4. The molecule has 1 aliphatic heterocycles. The van der Waals surface area contributed by atoms with Crippen molar-refractivity contribution in [3.8, 4) is 11.5 Å². The number of benzene rings is 2. The van der Waals surface area contributed by atoms with E-state index in [0.717, 1.165) is 11.3 Å². The molecule has 1 amide bonds. The number of ether oxygens (including phenoxy) is 2. The van der Waals surface area contributed by atoms with Crippen LogP contribution in [0.2, 0.25) is 0 Å². The van der Waals surface area contributed by atoms with Crippen LogP contribution in [0.3, 0.4) is 0 Å². The molecule has 1 N–H and O–H groups in total. The van der Waals surface area contributed by atoms with Crippen molar-refractivity contribution in [3.05, 3.63) is 89.5 Å². The highest BCUT2D eigenvalue weighted by molar-refractivity contribution is 5.95. The molecular formula is C21H17FN2O3. The van der Waals surface area contributed by atoms with Crippen molar-refractivity contribution in [2.45, 2.75) is 5.92 Å². The van der Waals surface area contributed by atoms with Gasteiger partial charge in [0.15, 0.2) is 11.5 Å². The summed E-state index contributed by atoms with van der Waals surface area (Å²) >= 11 is 0. The Bertz CT molecular complexity index is 945. The Hall–Kier alpha value is -3.41. The predicted molar refractivity (Wildman–Crippen MR) is 97.4 cm³/mol. The smallest absolute Gasteiger partial charge is 0.251 e. The van der Waals surface area contributed by atoms with Gasteiger partial charge < -0.3 is 14.8 Å². The Morgan fingerprint density at radius 1 is 1.07 bits per heavy atom. The lowest BCUT2D eigenvalue weighted by Crippen LogP contribution is -2.29. The van der Waals surface area contributed by atoms with Crippen molar-refractivity contribution in [1.82, 2.24) is 10.3 Å². The topological polar surface area (TPSA) is 60.5 Å². The van der Waals surface area contributed by atoms with Crippen LogP contribution in [0, 0.1) is 5.82 Å². The fourth-order valence-corrected chi connectivity index (χ4v) is 3.00. The normalized spacial score (nSPS) is 13.2. The van der Waals surface area contributed by atoms with E-state index in [1.807, 2.05) is 18.2 Å². The molecule has 0 bridgehead atoms. The molecule has 2 heterocycles. The van der Waals surface area contributed by atoms with Crippen LogP contribution in [0.1, 0.15) is 27.5 Å². The minimum Gasteiger partial charge on any atom is -0.454 e. The van der Waals surface area contributed by atoms with Crippen molar-refractivity contribution in [1.29, 1.82) is 0 Å². The standard InChI is InChI=1S/C21H17FN2O3/c22-16-7-4-14(5-8-16)17(18-3-1-2-10-23-18)12-24-21(25)15-6-9-19-20(11-15)27-13-26-19/h1-11,17H,12-13H2,(H,24,25). The summed E-state index contributed by atoms with van der Waals surface area (Å²) in [6.45, 7) is 0.489. The van der Waals surface area contributed by atoms with Crippen molar-refractivity contribution in [2.24, 2.45) is 0 Å². The van der Waals surface area contributed by atoms with Crippen molar-refractivity contribution in [3.63, 3.8) is 0 Å². The second-order valence-electron chi connectivity index (χ2n) is 6.14. The number of aromatic nitrogens is 1. The molecule has 136 valence electrons. The highest BCUT2D eigenvalue weighted by Crippen LogP contribution is 2.32. The first-order valence-corrected chi connectivity index (χ1v) is 8.55. The van der Waals surface area contributed by atoms with E-state index in [0.29, 0.717) is 23.6 Å². The molecule has 1 atom stereocenters. The first-order valence-electron chi connectivity index (χ1n) is 8.55. The Kier molecular flexibility index (Phi) is 4.70. The van der Waals surface area contributed by atoms with Gasteiger partial charge >= 0.3 is 0 Å². The van der Waals surface area contributed by atoms with Crippen molar-refractivity contribution in [2.75, 3.05) is 13.3 Å². The van der Waals surface area contributed by atoms with Gasteiger partial charge in [-0.1, -0.05) is 18.2 Å². The summed E-state index contributed by atoms with van der Waals surface area (Å²) in [5.74, 6) is 0.468. The van der Waals surface area contributed by atoms with Gasteiger partial charge in [-0.3, -0.25) is 9.78 Å². The molecule has 27 heavy (non-hydrogen) atoms. The molecule has 0 saturated carbocycles. The Morgan fingerprint density at radius 2 is 1.89 bits per heavy atom. The average Bonchev–Trinajstić information content (AvgIpc) is 3.18. The fourth-order valence-electron chi connectivity index (χ4n) is 3.00. The molecule has 2 aromatic carbocycles. The molecule has 4 rings (SSSR count). The molecule has 5 nitrogen and oxygen atoms in total. The molecule has 0 aliphatic carbocycles. The summed E-state index contributed by atoms with van der Waals surface area (Å²) in [6, 6.07) is 16.9. The number of hydrogen-bond donors (Lipinski definition) is 1. The second-order valence-corrected chi connectivity index (χ2v) is 6.14. The Balaban J connectivity index is 1.53. The number of amides is 1. The second kappa shape index (κ2) is 7.45. The maximum atomic E-state index is 13.3. The lowest BCUT2D eigenvalue weighted by Gasteiger charge is -2.18. The highest BCUT2D eigenvalue weighted by atomic mass is 19.1. The lowest BCUT2D eigenvalue weighted by atomic mass is 9.95. The molecule has 0 fully saturated rings. The molecule has 0 radical (unpaired) electrons. The van der Waals surface area contributed by atoms with E-state index in [9.17, 15) is 9.18 Å². The van der Waals surface area contributed by atoms with Crippen molar-refractivity contribution < 1.29 is 18.7 Å². The zero-order chi connectivity index (χ0) is 18.6. The molecule has 0 spiro atoms. The van der Waals surface area contributed by atoms with Gasteiger partial charge in [-0.25, -0.2) is 4.39 Å². The number of fused-ring (bicyclic) bond motifs is 1. The maximum Gasteiger partial charge on any atom is 0.251 e. The summed E-state index contributed by atoms with van der Waals surface area (Å²) in [4.78, 5) is 17.0. The molecule has 1 aromatic heterocycles. The van der Waals surface area contributed by atoms with Crippen LogP contribution in [0.4, 0.5) is 4.39 Å². The minimum absolute atomic E-state index is 0.159. The number of carbonyl (C=O) groups excluding carboxylic acids is 1. The number of pyridine rings is 1. The first-order chi connectivity index (χ1) is 13.2. The largest absolute Gasteiger partial charge is 0.454 e. The fraction of sp³-hybridized carbons (Fsp3) is 0.143. The van der Waals surface area contributed by atoms with Gasteiger partial charge in [0.05, 0.1) is 0 Å². The Labute approximate surface area is 155 Å². The molecule has 1 unspecified atom stereocenters. The summed E-state index contributed by atoms with van der Waals surface area (Å²) in [7, 11) is 0. The number of nitrogens with one attached hydrogen (secondary N) is 1. The van der Waals surface area contributed by atoms with E-state index in [2.05, 4.69) is 10.3 Å². The predicted octanol–water partition coefficient (Wildman–Crippen LogP) is 3.51. The number of nitrogens with zero attached hydrogens (tertiary/aromatic N) is 1. The summed E-state index contributed by atoms with van der Waals surface area (Å²) in [5, 5.41) is 2.93. The van der Waals surface area contributed by atoms with Crippen LogP contribution in [0.25, 0.3) is 0 Å². The molecule has 6 heteroatoms.